The van der Waals surface area contributed by atoms with Crippen molar-refractivity contribution in [3.63, 3.8) is 0 Å². The minimum atomic E-state index is -0.963. The molecule has 1 aromatic rings. The van der Waals surface area contributed by atoms with Crippen molar-refractivity contribution >= 4 is 17.7 Å². The highest BCUT2D eigenvalue weighted by atomic mass is 16.4. The van der Waals surface area contributed by atoms with Crippen molar-refractivity contribution in [2.24, 2.45) is 5.92 Å². The van der Waals surface area contributed by atoms with Gasteiger partial charge in [-0.05, 0) is 43.0 Å². The average Bonchev–Trinajstić information content (AvgIpc) is 2.93. The van der Waals surface area contributed by atoms with Crippen LogP contribution in [0.1, 0.15) is 29.3 Å². The molecule has 0 aliphatic heterocycles. The van der Waals surface area contributed by atoms with Crippen LogP contribution in [-0.4, -0.2) is 23.1 Å². The molecule has 3 N–H and O–H groups in total. The van der Waals surface area contributed by atoms with E-state index in [0.717, 1.165) is 6.42 Å². The summed E-state index contributed by atoms with van der Waals surface area (Å²) in [6.45, 7) is 3.78. The van der Waals surface area contributed by atoms with E-state index in [0.29, 0.717) is 17.2 Å². The van der Waals surface area contributed by atoms with Gasteiger partial charge in [-0.3, -0.25) is 0 Å². The molecular weight excluding hydrogens is 232 g/mol. The van der Waals surface area contributed by atoms with Gasteiger partial charge in [0.2, 0.25) is 0 Å². The third-order valence-corrected chi connectivity index (χ3v) is 3.14. The van der Waals surface area contributed by atoms with Crippen molar-refractivity contribution in [1.29, 1.82) is 0 Å². The van der Waals surface area contributed by atoms with Crippen LogP contribution in [0.3, 0.4) is 0 Å². The summed E-state index contributed by atoms with van der Waals surface area (Å²) in [5, 5.41) is 14.4. The molecule has 0 spiro atoms. The number of carboxylic acids is 1. The number of aromatic carboxylic acids is 1. The maximum absolute atomic E-state index is 11.6. The number of hydrogen-bond donors (Lipinski definition) is 3. The van der Waals surface area contributed by atoms with Gasteiger partial charge in [0, 0.05) is 11.7 Å². The van der Waals surface area contributed by atoms with Crippen molar-refractivity contribution in [1.82, 2.24) is 5.32 Å². The molecule has 2 rings (SSSR count). The minimum absolute atomic E-state index is 0.244. The van der Waals surface area contributed by atoms with Crippen molar-refractivity contribution in [3.8, 4) is 0 Å². The maximum Gasteiger partial charge on any atom is 0.335 e. The second-order valence-corrected chi connectivity index (χ2v) is 4.75. The Morgan fingerprint density at radius 3 is 2.56 bits per heavy atom. The van der Waals surface area contributed by atoms with Gasteiger partial charge in [-0.15, -0.1) is 0 Å². The summed E-state index contributed by atoms with van der Waals surface area (Å²) in [6, 6.07) is 4.76. The second-order valence-electron chi connectivity index (χ2n) is 4.75. The summed E-state index contributed by atoms with van der Waals surface area (Å²) in [4.78, 5) is 22.4. The second kappa shape index (κ2) is 4.68. The Bertz CT molecular complexity index is 499. The minimum Gasteiger partial charge on any atom is -0.478 e. The highest BCUT2D eigenvalue weighted by molar-refractivity contribution is 5.93. The molecule has 18 heavy (non-hydrogen) atoms. The van der Waals surface area contributed by atoms with Gasteiger partial charge < -0.3 is 15.7 Å². The average molecular weight is 248 g/mol. The molecule has 0 aromatic heterocycles. The SMILES string of the molecule is Cc1cc(NC(=O)NC2CC2C)ccc1C(=O)O. The van der Waals surface area contributed by atoms with Gasteiger partial charge in [0.1, 0.15) is 0 Å². The topological polar surface area (TPSA) is 78.4 Å². The Morgan fingerprint density at radius 1 is 1.39 bits per heavy atom. The Kier molecular flexibility index (Phi) is 3.23. The number of carbonyl (C=O) groups excluding carboxylic acids is 1. The van der Waals surface area contributed by atoms with Crippen molar-refractivity contribution < 1.29 is 14.7 Å². The largest absolute Gasteiger partial charge is 0.478 e. The van der Waals surface area contributed by atoms with Gasteiger partial charge in [-0.2, -0.15) is 0 Å². The Hall–Kier alpha value is -2.04. The standard InChI is InChI=1S/C13H16N2O3/c1-7-5-9(3-4-10(7)12(16)17)14-13(18)15-11-6-8(11)2/h3-5,8,11H,6H2,1-2H3,(H,16,17)(H2,14,15,18). The number of carboxylic acid groups (broad SMARTS) is 1. The van der Waals surface area contributed by atoms with Crippen molar-refractivity contribution in [2.45, 2.75) is 26.3 Å². The summed E-state index contributed by atoms with van der Waals surface area (Å²) in [5.74, 6) is -0.415. The molecule has 2 atom stereocenters. The van der Waals surface area contributed by atoms with Crippen LogP contribution < -0.4 is 10.6 Å². The summed E-state index contributed by atoms with van der Waals surface area (Å²) in [7, 11) is 0. The smallest absolute Gasteiger partial charge is 0.335 e. The molecule has 0 saturated heterocycles. The zero-order chi connectivity index (χ0) is 13.3. The van der Waals surface area contributed by atoms with Crippen LogP contribution in [0.15, 0.2) is 18.2 Å². The first kappa shape index (κ1) is 12.4. The van der Waals surface area contributed by atoms with Crippen LogP contribution in [0, 0.1) is 12.8 Å². The number of nitrogens with one attached hydrogen (secondary N) is 2. The Morgan fingerprint density at radius 2 is 2.06 bits per heavy atom. The van der Waals surface area contributed by atoms with Crippen LogP contribution >= 0.6 is 0 Å². The Balaban J connectivity index is 1.99. The normalized spacial score (nSPS) is 21.2. The van der Waals surface area contributed by atoms with Crippen molar-refractivity contribution in [2.75, 3.05) is 5.32 Å². The first-order valence-electron chi connectivity index (χ1n) is 5.89. The van der Waals surface area contributed by atoms with E-state index >= 15 is 0 Å². The molecule has 0 heterocycles. The number of urea groups is 1. The molecule has 1 fully saturated rings. The summed E-state index contributed by atoms with van der Waals surface area (Å²) >= 11 is 0. The maximum atomic E-state index is 11.6. The highest BCUT2D eigenvalue weighted by Crippen LogP contribution is 2.29. The molecule has 5 nitrogen and oxygen atoms in total. The lowest BCUT2D eigenvalue weighted by Gasteiger charge is -2.08. The van der Waals surface area contributed by atoms with Crippen LogP contribution in [0.4, 0.5) is 10.5 Å². The number of rotatable bonds is 3. The molecule has 1 saturated carbocycles. The first-order valence-corrected chi connectivity index (χ1v) is 5.89. The number of carbonyl (C=O) groups is 2. The number of anilines is 1. The molecule has 2 unspecified atom stereocenters. The lowest BCUT2D eigenvalue weighted by molar-refractivity contribution is 0.0696. The van der Waals surface area contributed by atoms with Crippen molar-refractivity contribution in [3.05, 3.63) is 29.3 Å². The van der Waals surface area contributed by atoms with Gasteiger partial charge in [-0.1, -0.05) is 6.92 Å². The predicted molar refractivity (Wildman–Crippen MR) is 67.9 cm³/mol. The fraction of sp³-hybridized carbons (Fsp3) is 0.385. The van der Waals surface area contributed by atoms with E-state index in [2.05, 4.69) is 17.6 Å². The third-order valence-electron chi connectivity index (χ3n) is 3.14. The lowest BCUT2D eigenvalue weighted by atomic mass is 10.1. The number of benzene rings is 1. The van der Waals surface area contributed by atoms with Crippen LogP contribution in [0.25, 0.3) is 0 Å². The van der Waals surface area contributed by atoms with E-state index in [9.17, 15) is 9.59 Å². The Labute approximate surface area is 105 Å². The fourth-order valence-electron chi connectivity index (χ4n) is 1.84. The summed E-state index contributed by atoms with van der Waals surface area (Å²) in [5.41, 5.74) is 1.47. The van der Waals surface area contributed by atoms with E-state index < -0.39 is 5.97 Å². The summed E-state index contributed by atoms with van der Waals surface area (Å²) < 4.78 is 0. The zero-order valence-corrected chi connectivity index (χ0v) is 10.4. The third kappa shape index (κ3) is 2.80. The molecule has 0 radical (unpaired) electrons. The highest BCUT2D eigenvalue weighted by Gasteiger charge is 2.33. The van der Waals surface area contributed by atoms with Crippen LogP contribution in [-0.2, 0) is 0 Å². The zero-order valence-electron chi connectivity index (χ0n) is 10.4. The van der Waals surface area contributed by atoms with E-state index in [1.807, 2.05) is 0 Å². The van der Waals surface area contributed by atoms with Gasteiger partial charge >= 0.3 is 12.0 Å². The molecule has 2 amide bonds. The molecule has 96 valence electrons. The monoisotopic (exact) mass is 248 g/mol. The predicted octanol–water partition coefficient (Wildman–Crippen LogP) is 2.22. The van der Waals surface area contributed by atoms with Crippen LogP contribution in [0.2, 0.25) is 0 Å². The fourth-order valence-corrected chi connectivity index (χ4v) is 1.84. The first-order chi connectivity index (χ1) is 8.47. The lowest BCUT2D eigenvalue weighted by Crippen LogP contribution is -2.31. The van der Waals surface area contributed by atoms with E-state index in [-0.39, 0.29) is 17.6 Å². The van der Waals surface area contributed by atoms with E-state index in [1.54, 1.807) is 19.1 Å². The molecule has 1 aliphatic carbocycles. The molecule has 1 aliphatic rings. The molecular formula is C13H16N2O3. The molecule has 0 bridgehead atoms. The number of amides is 2. The number of hydrogen-bond acceptors (Lipinski definition) is 2. The van der Waals surface area contributed by atoms with E-state index in [4.69, 9.17) is 5.11 Å². The number of aryl methyl sites for hydroxylation is 1. The quantitative estimate of drug-likeness (QED) is 0.767. The van der Waals surface area contributed by atoms with Gasteiger partial charge in [-0.25, -0.2) is 9.59 Å². The summed E-state index contributed by atoms with van der Waals surface area (Å²) in [6.07, 6.45) is 1.02. The molecule has 1 aromatic carbocycles. The van der Waals surface area contributed by atoms with Gasteiger partial charge in [0.25, 0.3) is 0 Å². The van der Waals surface area contributed by atoms with Gasteiger partial charge in [0.15, 0.2) is 0 Å². The molecule has 5 heteroatoms. The van der Waals surface area contributed by atoms with Gasteiger partial charge in [0.05, 0.1) is 5.56 Å². The van der Waals surface area contributed by atoms with Crippen LogP contribution in [0.5, 0.6) is 0 Å². The van der Waals surface area contributed by atoms with E-state index in [1.165, 1.54) is 6.07 Å².